The van der Waals surface area contributed by atoms with E-state index in [-0.39, 0.29) is 11.6 Å². The van der Waals surface area contributed by atoms with Gasteiger partial charge in [0.25, 0.3) is 0 Å². The second kappa shape index (κ2) is 7.26. The average Bonchev–Trinajstić information content (AvgIpc) is 2.60. The van der Waals surface area contributed by atoms with Gasteiger partial charge in [0, 0.05) is 17.3 Å². The average molecular weight is 374 g/mol. The van der Waals surface area contributed by atoms with Gasteiger partial charge in [0.05, 0.1) is 28.4 Å². The van der Waals surface area contributed by atoms with Gasteiger partial charge in [0.2, 0.25) is 0 Å². The van der Waals surface area contributed by atoms with Crippen molar-refractivity contribution in [3.05, 3.63) is 65.9 Å². The highest BCUT2D eigenvalue weighted by Crippen LogP contribution is 2.36. The summed E-state index contributed by atoms with van der Waals surface area (Å²) in [5.74, 6) is -0.512. The molecule has 1 N–H and O–H groups in total. The molecule has 0 radical (unpaired) electrons. The summed E-state index contributed by atoms with van der Waals surface area (Å²) in [4.78, 5) is 16.2. The third-order valence-electron chi connectivity index (χ3n) is 3.84. The Bertz CT molecular complexity index is 984. The Morgan fingerprint density at radius 3 is 2.48 bits per heavy atom. The molecule has 0 spiro atoms. The number of pyridine rings is 1. The Kier molecular flexibility index (Phi) is 5.03. The highest BCUT2D eigenvalue weighted by Gasteiger charge is 2.33. The van der Waals surface area contributed by atoms with E-state index in [2.05, 4.69) is 10.3 Å². The number of carbonyl (C=O) groups is 1. The molecule has 0 amide bonds. The minimum Gasteiger partial charge on any atom is -0.459 e. The summed E-state index contributed by atoms with van der Waals surface area (Å²) in [7, 11) is 0. The molecular formula is C20H17F3N2O2. The van der Waals surface area contributed by atoms with Crippen LogP contribution in [0.15, 0.2) is 54.7 Å². The zero-order valence-electron chi connectivity index (χ0n) is 14.7. The number of hydrogen-bond acceptors (Lipinski definition) is 4. The van der Waals surface area contributed by atoms with Crippen molar-refractivity contribution in [3.63, 3.8) is 0 Å². The molecular weight excluding hydrogens is 357 g/mol. The van der Waals surface area contributed by atoms with Gasteiger partial charge in [0.1, 0.15) is 0 Å². The number of esters is 1. The molecule has 1 aromatic heterocycles. The maximum atomic E-state index is 13.2. The SMILES string of the molecule is CC(C)OC(=O)c1ccccc1Nc1ccnc2c(C(F)(F)F)cccc12. The molecule has 0 bridgehead atoms. The van der Waals surface area contributed by atoms with Crippen LogP contribution in [0.4, 0.5) is 24.5 Å². The number of para-hydroxylation sites is 2. The van der Waals surface area contributed by atoms with Crippen LogP contribution in [0.3, 0.4) is 0 Å². The van der Waals surface area contributed by atoms with Crippen LogP contribution in [0, 0.1) is 0 Å². The summed E-state index contributed by atoms with van der Waals surface area (Å²) < 4.78 is 45.0. The van der Waals surface area contributed by atoms with Gasteiger partial charge in [-0.25, -0.2) is 4.79 Å². The lowest BCUT2D eigenvalue weighted by Crippen LogP contribution is -2.13. The molecule has 0 atom stereocenters. The van der Waals surface area contributed by atoms with E-state index < -0.39 is 17.7 Å². The highest BCUT2D eigenvalue weighted by atomic mass is 19.4. The molecule has 2 aromatic carbocycles. The third-order valence-corrected chi connectivity index (χ3v) is 3.84. The lowest BCUT2D eigenvalue weighted by Gasteiger charge is -2.16. The number of halogens is 3. The van der Waals surface area contributed by atoms with Gasteiger partial charge in [-0.05, 0) is 38.1 Å². The quantitative estimate of drug-likeness (QED) is 0.607. The van der Waals surface area contributed by atoms with Crippen LogP contribution in [-0.4, -0.2) is 17.1 Å². The summed E-state index contributed by atoms with van der Waals surface area (Å²) in [6.45, 7) is 3.48. The Hall–Kier alpha value is -3.09. The van der Waals surface area contributed by atoms with Crippen LogP contribution in [-0.2, 0) is 10.9 Å². The van der Waals surface area contributed by atoms with Crippen molar-refractivity contribution in [2.24, 2.45) is 0 Å². The maximum Gasteiger partial charge on any atom is 0.418 e. The molecule has 0 unspecified atom stereocenters. The molecule has 1 heterocycles. The van der Waals surface area contributed by atoms with E-state index in [1.807, 2.05) is 0 Å². The van der Waals surface area contributed by atoms with Crippen LogP contribution >= 0.6 is 0 Å². The van der Waals surface area contributed by atoms with Gasteiger partial charge in [0.15, 0.2) is 0 Å². The zero-order chi connectivity index (χ0) is 19.6. The van der Waals surface area contributed by atoms with Gasteiger partial charge in [-0.2, -0.15) is 13.2 Å². The Morgan fingerprint density at radius 1 is 1.04 bits per heavy atom. The van der Waals surface area contributed by atoms with Crippen molar-refractivity contribution in [1.82, 2.24) is 4.98 Å². The van der Waals surface area contributed by atoms with Crippen LogP contribution in [0.25, 0.3) is 10.9 Å². The van der Waals surface area contributed by atoms with Crippen LogP contribution in [0.2, 0.25) is 0 Å². The van der Waals surface area contributed by atoms with E-state index in [1.165, 1.54) is 12.3 Å². The predicted molar refractivity (Wildman–Crippen MR) is 97.0 cm³/mol. The van der Waals surface area contributed by atoms with Crippen molar-refractivity contribution in [2.45, 2.75) is 26.1 Å². The molecule has 27 heavy (non-hydrogen) atoms. The number of anilines is 2. The van der Waals surface area contributed by atoms with Gasteiger partial charge in [-0.15, -0.1) is 0 Å². The molecule has 0 fully saturated rings. The monoisotopic (exact) mass is 374 g/mol. The summed E-state index contributed by atoms with van der Waals surface area (Å²) in [6.07, 6.45) is -3.50. The molecule has 0 saturated heterocycles. The standard InChI is InChI=1S/C20H17F3N2O2/c1-12(2)27-19(26)14-6-3-4-9-16(14)25-17-10-11-24-18-13(17)7-5-8-15(18)20(21,22)23/h3-12H,1-2H3,(H,24,25). The van der Waals surface area contributed by atoms with Crippen molar-refractivity contribution in [2.75, 3.05) is 5.32 Å². The molecule has 0 aliphatic rings. The summed E-state index contributed by atoms with van der Waals surface area (Å²) in [6, 6.07) is 12.1. The van der Waals surface area contributed by atoms with E-state index in [4.69, 9.17) is 4.74 Å². The number of carbonyl (C=O) groups excluding carboxylic acids is 1. The first-order chi connectivity index (χ1) is 12.8. The number of aromatic nitrogens is 1. The van der Waals surface area contributed by atoms with Crippen LogP contribution < -0.4 is 5.32 Å². The third kappa shape index (κ3) is 4.02. The van der Waals surface area contributed by atoms with Gasteiger partial charge >= 0.3 is 12.1 Å². The number of nitrogens with one attached hydrogen (secondary N) is 1. The second-order valence-electron chi connectivity index (χ2n) is 6.18. The van der Waals surface area contributed by atoms with Crippen molar-refractivity contribution >= 4 is 28.2 Å². The topological polar surface area (TPSA) is 51.2 Å². The first kappa shape index (κ1) is 18.7. The largest absolute Gasteiger partial charge is 0.459 e. The summed E-state index contributed by atoms with van der Waals surface area (Å²) in [5.41, 5.74) is 0.181. The number of hydrogen-bond donors (Lipinski definition) is 1. The molecule has 0 aliphatic carbocycles. The normalized spacial score (nSPS) is 11.6. The fourth-order valence-electron chi connectivity index (χ4n) is 2.71. The maximum absolute atomic E-state index is 13.2. The Labute approximate surface area is 154 Å². The fourth-order valence-corrected chi connectivity index (χ4v) is 2.71. The Balaban J connectivity index is 2.05. The number of ether oxygens (including phenoxy) is 1. The summed E-state index contributed by atoms with van der Waals surface area (Å²) >= 11 is 0. The molecule has 7 heteroatoms. The van der Waals surface area contributed by atoms with Crippen molar-refractivity contribution in [1.29, 1.82) is 0 Å². The second-order valence-corrected chi connectivity index (χ2v) is 6.18. The van der Waals surface area contributed by atoms with Crippen molar-refractivity contribution in [3.8, 4) is 0 Å². The number of benzene rings is 2. The molecule has 0 saturated carbocycles. The van der Waals surface area contributed by atoms with E-state index in [1.54, 1.807) is 50.2 Å². The van der Waals surface area contributed by atoms with Crippen LogP contribution in [0.5, 0.6) is 0 Å². The molecule has 4 nitrogen and oxygen atoms in total. The fraction of sp³-hybridized carbons (Fsp3) is 0.200. The lowest BCUT2D eigenvalue weighted by atomic mass is 10.1. The summed E-state index contributed by atoms with van der Waals surface area (Å²) in [5, 5.41) is 3.35. The highest BCUT2D eigenvalue weighted by molar-refractivity contribution is 6.00. The minimum atomic E-state index is -4.51. The van der Waals surface area contributed by atoms with E-state index in [0.717, 1.165) is 6.07 Å². The smallest absolute Gasteiger partial charge is 0.418 e. The van der Waals surface area contributed by atoms with Crippen LogP contribution in [0.1, 0.15) is 29.8 Å². The van der Waals surface area contributed by atoms with Gasteiger partial charge < -0.3 is 10.1 Å². The Morgan fingerprint density at radius 2 is 1.78 bits per heavy atom. The van der Waals surface area contributed by atoms with Crippen molar-refractivity contribution < 1.29 is 22.7 Å². The lowest BCUT2D eigenvalue weighted by molar-refractivity contribution is -0.136. The van der Waals surface area contributed by atoms with E-state index in [0.29, 0.717) is 22.3 Å². The van der Waals surface area contributed by atoms with Gasteiger partial charge in [-0.1, -0.05) is 24.3 Å². The zero-order valence-corrected chi connectivity index (χ0v) is 14.7. The molecule has 3 rings (SSSR count). The number of fused-ring (bicyclic) bond motifs is 1. The molecule has 140 valence electrons. The first-order valence-corrected chi connectivity index (χ1v) is 8.29. The number of rotatable bonds is 4. The van der Waals surface area contributed by atoms with E-state index >= 15 is 0 Å². The first-order valence-electron chi connectivity index (χ1n) is 8.29. The van der Waals surface area contributed by atoms with Gasteiger partial charge in [-0.3, -0.25) is 4.98 Å². The number of nitrogens with zero attached hydrogens (tertiary/aromatic N) is 1. The molecule has 0 aliphatic heterocycles. The minimum absolute atomic E-state index is 0.155. The molecule has 3 aromatic rings. The predicted octanol–water partition coefficient (Wildman–Crippen LogP) is 5.56. The number of alkyl halides is 3. The van der Waals surface area contributed by atoms with E-state index in [9.17, 15) is 18.0 Å².